The molecular weight excluding hydrogens is 397 g/mol. The minimum atomic E-state index is -0.834. The summed E-state index contributed by atoms with van der Waals surface area (Å²) in [5, 5.41) is 0. The van der Waals surface area contributed by atoms with Gasteiger partial charge in [-0.3, -0.25) is 9.79 Å². The lowest BCUT2D eigenvalue weighted by molar-refractivity contribution is -0.128. The van der Waals surface area contributed by atoms with Crippen LogP contribution in [0.4, 0.5) is 14.9 Å². The highest BCUT2D eigenvalue weighted by Gasteiger charge is 2.59. The van der Waals surface area contributed by atoms with E-state index in [0.29, 0.717) is 12.2 Å². The zero-order valence-corrected chi connectivity index (χ0v) is 18.7. The number of anilines is 1. The van der Waals surface area contributed by atoms with Crippen molar-refractivity contribution in [2.24, 2.45) is 4.99 Å². The first-order valence-electron chi connectivity index (χ1n) is 11.0. The van der Waals surface area contributed by atoms with Gasteiger partial charge in [0, 0.05) is 24.5 Å². The van der Waals surface area contributed by atoms with Gasteiger partial charge in [-0.05, 0) is 71.1 Å². The SMILES string of the molecule is CC(CN1C(=O)C2(CN(C(=O)OC(C)C)C2)c2ccc(F)cc21)=NC1=C(C)CCCC1. The summed E-state index contributed by atoms with van der Waals surface area (Å²) in [6.45, 7) is 8.41. The molecule has 1 aliphatic carbocycles. The highest BCUT2D eigenvalue weighted by molar-refractivity contribution is 6.12. The summed E-state index contributed by atoms with van der Waals surface area (Å²) >= 11 is 0. The Kier molecular flexibility index (Phi) is 5.62. The first kappa shape index (κ1) is 21.5. The third-order valence-electron chi connectivity index (χ3n) is 6.36. The number of carbonyl (C=O) groups is 2. The normalized spacial score (nSPS) is 20.5. The van der Waals surface area contributed by atoms with Gasteiger partial charge in [-0.15, -0.1) is 0 Å². The van der Waals surface area contributed by atoms with Gasteiger partial charge >= 0.3 is 6.09 Å². The van der Waals surface area contributed by atoms with Crippen LogP contribution in [0.3, 0.4) is 0 Å². The quantitative estimate of drug-likeness (QED) is 0.661. The largest absolute Gasteiger partial charge is 0.447 e. The fourth-order valence-corrected chi connectivity index (χ4v) is 4.78. The van der Waals surface area contributed by atoms with Crippen LogP contribution in [-0.2, 0) is 14.9 Å². The smallest absolute Gasteiger partial charge is 0.410 e. The number of aliphatic imine (C=N–C) groups is 1. The van der Waals surface area contributed by atoms with E-state index >= 15 is 0 Å². The summed E-state index contributed by atoms with van der Waals surface area (Å²) in [6, 6.07) is 4.47. The summed E-state index contributed by atoms with van der Waals surface area (Å²) in [4.78, 5) is 33.7. The summed E-state index contributed by atoms with van der Waals surface area (Å²) < 4.78 is 19.3. The van der Waals surface area contributed by atoms with Gasteiger partial charge in [0.25, 0.3) is 0 Å². The highest BCUT2D eigenvalue weighted by Crippen LogP contribution is 2.47. The molecule has 1 fully saturated rings. The number of rotatable bonds is 4. The molecular formula is C24H30FN3O3. The van der Waals surface area contributed by atoms with Gasteiger partial charge in [0.05, 0.1) is 18.3 Å². The Morgan fingerprint density at radius 1 is 1.26 bits per heavy atom. The molecule has 1 saturated heterocycles. The third-order valence-corrected chi connectivity index (χ3v) is 6.36. The lowest BCUT2D eigenvalue weighted by atomic mass is 9.75. The van der Waals surface area contributed by atoms with Crippen LogP contribution in [0, 0.1) is 5.82 Å². The first-order chi connectivity index (χ1) is 14.7. The summed E-state index contributed by atoms with van der Waals surface area (Å²) in [7, 11) is 0. The number of allylic oxidation sites excluding steroid dienone is 2. The Balaban J connectivity index is 1.59. The van der Waals surface area contributed by atoms with Gasteiger partial charge in [0.2, 0.25) is 5.91 Å². The van der Waals surface area contributed by atoms with E-state index in [1.807, 2.05) is 6.92 Å². The number of amides is 2. The molecule has 0 unspecified atom stereocenters. The third kappa shape index (κ3) is 3.86. The molecule has 0 aromatic heterocycles. The molecule has 31 heavy (non-hydrogen) atoms. The molecule has 0 radical (unpaired) electrons. The van der Waals surface area contributed by atoms with Crippen LogP contribution < -0.4 is 4.90 Å². The van der Waals surface area contributed by atoms with Crippen LogP contribution in [0.1, 0.15) is 58.9 Å². The average molecular weight is 428 g/mol. The summed E-state index contributed by atoms with van der Waals surface area (Å²) in [6.07, 6.45) is 3.70. The van der Waals surface area contributed by atoms with Gasteiger partial charge in [-0.1, -0.05) is 11.6 Å². The number of hydrogen-bond donors (Lipinski definition) is 0. The molecule has 0 saturated carbocycles. The Bertz CT molecular complexity index is 976. The molecule has 1 aromatic rings. The van der Waals surface area contributed by atoms with Crippen molar-refractivity contribution in [3.8, 4) is 0 Å². The van der Waals surface area contributed by atoms with E-state index in [9.17, 15) is 14.0 Å². The number of benzene rings is 1. The van der Waals surface area contributed by atoms with E-state index in [0.717, 1.165) is 36.2 Å². The Morgan fingerprint density at radius 3 is 2.65 bits per heavy atom. The minimum Gasteiger partial charge on any atom is -0.447 e. The zero-order valence-electron chi connectivity index (χ0n) is 18.7. The molecule has 166 valence electrons. The number of ether oxygens (including phenoxy) is 1. The second-order valence-electron chi connectivity index (χ2n) is 9.20. The molecule has 0 bridgehead atoms. The first-order valence-corrected chi connectivity index (χ1v) is 11.0. The van der Waals surface area contributed by atoms with E-state index in [1.54, 1.807) is 24.8 Å². The molecule has 0 N–H and O–H groups in total. The fourth-order valence-electron chi connectivity index (χ4n) is 4.78. The predicted molar refractivity (Wildman–Crippen MR) is 118 cm³/mol. The van der Waals surface area contributed by atoms with Crippen molar-refractivity contribution in [3.63, 3.8) is 0 Å². The molecule has 1 spiro atoms. The van der Waals surface area contributed by atoms with Crippen LogP contribution in [-0.4, -0.2) is 48.4 Å². The zero-order chi connectivity index (χ0) is 22.3. The van der Waals surface area contributed by atoms with Gasteiger partial charge in [0.15, 0.2) is 0 Å². The second-order valence-corrected chi connectivity index (χ2v) is 9.20. The van der Waals surface area contributed by atoms with Crippen LogP contribution >= 0.6 is 0 Å². The van der Waals surface area contributed by atoms with E-state index < -0.39 is 11.5 Å². The highest BCUT2D eigenvalue weighted by atomic mass is 19.1. The number of carbonyl (C=O) groups excluding carboxylic acids is 2. The Morgan fingerprint density at radius 2 is 1.97 bits per heavy atom. The van der Waals surface area contributed by atoms with Crippen molar-refractivity contribution in [2.45, 2.75) is 64.9 Å². The summed E-state index contributed by atoms with van der Waals surface area (Å²) in [5.41, 5.74) is 3.75. The van der Waals surface area contributed by atoms with E-state index in [4.69, 9.17) is 9.73 Å². The predicted octanol–water partition coefficient (Wildman–Crippen LogP) is 4.58. The maximum absolute atomic E-state index is 14.1. The standard InChI is InChI=1S/C24H30FN3O3/c1-15(2)31-23(30)27-13-24(14-27)19-10-9-18(25)11-21(19)28(22(24)29)12-17(4)26-20-8-6-5-7-16(20)3/h9-11,15H,5-8,12-14H2,1-4H3. The van der Waals surface area contributed by atoms with Crippen molar-refractivity contribution in [1.82, 2.24) is 4.90 Å². The lowest BCUT2D eigenvalue weighted by Gasteiger charge is -2.46. The Hall–Kier alpha value is -2.70. The Labute approximate surface area is 182 Å². The van der Waals surface area contributed by atoms with E-state index in [1.165, 1.54) is 29.0 Å². The van der Waals surface area contributed by atoms with Crippen LogP contribution in [0.5, 0.6) is 0 Å². The minimum absolute atomic E-state index is 0.106. The molecule has 2 amide bonds. The molecule has 2 heterocycles. The molecule has 6 nitrogen and oxygen atoms in total. The van der Waals surface area contributed by atoms with Gasteiger partial charge < -0.3 is 14.5 Å². The maximum Gasteiger partial charge on any atom is 0.410 e. The molecule has 7 heteroatoms. The summed E-state index contributed by atoms with van der Waals surface area (Å²) in [5.74, 6) is -0.491. The fraction of sp³-hybridized carbons (Fsp3) is 0.542. The molecule has 4 rings (SSSR count). The van der Waals surface area contributed by atoms with Gasteiger partial charge in [0.1, 0.15) is 11.2 Å². The van der Waals surface area contributed by atoms with Crippen molar-refractivity contribution >= 4 is 23.4 Å². The van der Waals surface area contributed by atoms with Crippen molar-refractivity contribution in [1.29, 1.82) is 0 Å². The maximum atomic E-state index is 14.1. The van der Waals surface area contributed by atoms with Crippen LogP contribution in [0.25, 0.3) is 0 Å². The van der Waals surface area contributed by atoms with Crippen molar-refractivity contribution < 1.29 is 18.7 Å². The average Bonchev–Trinajstić information content (AvgIpc) is 2.90. The van der Waals surface area contributed by atoms with E-state index in [2.05, 4.69) is 6.92 Å². The van der Waals surface area contributed by atoms with E-state index in [-0.39, 0.29) is 30.9 Å². The molecule has 2 aliphatic heterocycles. The van der Waals surface area contributed by atoms with Crippen molar-refractivity contribution in [2.75, 3.05) is 24.5 Å². The van der Waals surface area contributed by atoms with Crippen LogP contribution in [0.2, 0.25) is 0 Å². The van der Waals surface area contributed by atoms with Crippen LogP contribution in [0.15, 0.2) is 34.5 Å². The second kappa shape index (κ2) is 8.09. The number of nitrogens with zero attached hydrogens (tertiary/aromatic N) is 3. The topological polar surface area (TPSA) is 62.2 Å². The molecule has 1 aromatic carbocycles. The van der Waals surface area contributed by atoms with Gasteiger partial charge in [-0.25, -0.2) is 9.18 Å². The van der Waals surface area contributed by atoms with Gasteiger partial charge in [-0.2, -0.15) is 0 Å². The number of hydrogen-bond acceptors (Lipinski definition) is 4. The number of fused-ring (bicyclic) bond motifs is 2. The van der Waals surface area contributed by atoms with Crippen molar-refractivity contribution in [3.05, 3.63) is 40.8 Å². The number of likely N-dealkylation sites (tertiary alicyclic amines) is 1. The number of halogens is 1. The monoisotopic (exact) mass is 427 g/mol. The lowest BCUT2D eigenvalue weighted by Crippen LogP contribution is -2.65. The molecule has 3 aliphatic rings. The molecule has 0 atom stereocenters.